The second kappa shape index (κ2) is 4.87. The minimum atomic E-state index is 0.133. The number of hydrogen-bond acceptors (Lipinski definition) is 2. The third-order valence-electron chi connectivity index (χ3n) is 2.99. The molecule has 1 aromatic rings. The molecule has 1 aromatic carbocycles. The van der Waals surface area contributed by atoms with E-state index in [1.807, 2.05) is 12.1 Å². The number of halogens is 1. The summed E-state index contributed by atoms with van der Waals surface area (Å²) in [6.07, 6.45) is 4.37. The lowest BCUT2D eigenvalue weighted by atomic mass is 10.1. The van der Waals surface area contributed by atoms with Crippen molar-refractivity contribution in [1.82, 2.24) is 0 Å². The minimum Gasteiger partial charge on any atom is -0.398 e. The summed E-state index contributed by atoms with van der Waals surface area (Å²) < 4.78 is 0.816. The van der Waals surface area contributed by atoms with E-state index >= 15 is 0 Å². The summed E-state index contributed by atoms with van der Waals surface area (Å²) in [6.45, 7) is 0. The molecule has 2 rings (SSSR count). The van der Waals surface area contributed by atoms with Crippen LogP contribution in [0.2, 0.25) is 0 Å². The molecule has 1 amide bonds. The van der Waals surface area contributed by atoms with Gasteiger partial charge in [0.05, 0.1) is 0 Å². The zero-order chi connectivity index (χ0) is 11.5. The molecule has 16 heavy (non-hydrogen) atoms. The number of benzene rings is 1. The Balaban J connectivity index is 2.02. The van der Waals surface area contributed by atoms with Crippen LogP contribution in [0.25, 0.3) is 0 Å². The number of anilines is 2. The van der Waals surface area contributed by atoms with Crippen LogP contribution in [0.1, 0.15) is 25.7 Å². The van der Waals surface area contributed by atoms with E-state index in [0.717, 1.165) is 23.0 Å². The molecule has 0 bridgehead atoms. The zero-order valence-corrected chi connectivity index (χ0v) is 10.6. The molecule has 1 aliphatic carbocycles. The second-order valence-corrected chi connectivity index (χ2v) is 5.06. The maximum absolute atomic E-state index is 11.9. The van der Waals surface area contributed by atoms with Crippen LogP contribution in [0.4, 0.5) is 11.4 Å². The molecule has 0 aromatic heterocycles. The maximum Gasteiger partial charge on any atom is 0.227 e. The average Bonchev–Trinajstić information content (AvgIpc) is 2.77. The van der Waals surface area contributed by atoms with Crippen LogP contribution in [0.5, 0.6) is 0 Å². The van der Waals surface area contributed by atoms with Crippen molar-refractivity contribution in [3.63, 3.8) is 0 Å². The van der Waals surface area contributed by atoms with Crippen molar-refractivity contribution in [3.8, 4) is 0 Å². The van der Waals surface area contributed by atoms with Crippen molar-refractivity contribution >= 4 is 33.2 Å². The first-order valence-corrected chi connectivity index (χ1v) is 6.32. The molecule has 3 nitrogen and oxygen atoms in total. The first-order valence-electron chi connectivity index (χ1n) is 5.52. The lowest BCUT2D eigenvalue weighted by Crippen LogP contribution is -2.20. The van der Waals surface area contributed by atoms with E-state index in [4.69, 9.17) is 5.73 Å². The van der Waals surface area contributed by atoms with Gasteiger partial charge in [-0.25, -0.2) is 0 Å². The molecule has 0 atom stereocenters. The van der Waals surface area contributed by atoms with E-state index in [9.17, 15) is 4.79 Å². The molecular weight excluding hydrogens is 268 g/mol. The lowest BCUT2D eigenvalue weighted by molar-refractivity contribution is -0.119. The van der Waals surface area contributed by atoms with Crippen LogP contribution >= 0.6 is 15.9 Å². The van der Waals surface area contributed by atoms with Crippen LogP contribution in [0.15, 0.2) is 22.7 Å². The van der Waals surface area contributed by atoms with Gasteiger partial charge in [-0.3, -0.25) is 4.79 Å². The van der Waals surface area contributed by atoms with Crippen LogP contribution in [-0.4, -0.2) is 5.91 Å². The summed E-state index contributed by atoms with van der Waals surface area (Å²) in [5, 5.41) is 2.93. The van der Waals surface area contributed by atoms with Crippen LogP contribution in [0.3, 0.4) is 0 Å². The molecule has 0 heterocycles. The smallest absolute Gasteiger partial charge is 0.227 e. The summed E-state index contributed by atoms with van der Waals surface area (Å²) in [5.74, 6) is 0.325. The van der Waals surface area contributed by atoms with Crippen molar-refractivity contribution in [3.05, 3.63) is 22.7 Å². The quantitative estimate of drug-likeness (QED) is 0.819. The van der Waals surface area contributed by atoms with Crippen LogP contribution < -0.4 is 11.1 Å². The van der Waals surface area contributed by atoms with Crippen LogP contribution in [0, 0.1) is 5.92 Å². The first-order chi connectivity index (χ1) is 7.66. The van der Waals surface area contributed by atoms with Gasteiger partial charge in [-0.2, -0.15) is 0 Å². The van der Waals surface area contributed by atoms with E-state index in [1.165, 1.54) is 12.8 Å². The lowest BCUT2D eigenvalue weighted by Gasteiger charge is -2.11. The van der Waals surface area contributed by atoms with Gasteiger partial charge in [-0.15, -0.1) is 0 Å². The van der Waals surface area contributed by atoms with E-state index in [0.29, 0.717) is 5.69 Å². The highest BCUT2D eigenvalue weighted by Gasteiger charge is 2.22. The SMILES string of the molecule is Nc1ccc(NC(=O)C2CCCC2)cc1Br. The van der Waals surface area contributed by atoms with E-state index in [-0.39, 0.29) is 11.8 Å². The molecule has 1 fully saturated rings. The number of nitrogens with one attached hydrogen (secondary N) is 1. The van der Waals surface area contributed by atoms with Crippen LogP contribution in [-0.2, 0) is 4.79 Å². The zero-order valence-electron chi connectivity index (χ0n) is 9.00. The average molecular weight is 283 g/mol. The van der Waals surface area contributed by atoms with E-state index in [1.54, 1.807) is 6.07 Å². The molecule has 86 valence electrons. The van der Waals surface area contributed by atoms with Gasteiger partial charge in [0.25, 0.3) is 0 Å². The molecule has 0 unspecified atom stereocenters. The van der Waals surface area contributed by atoms with Crippen molar-refractivity contribution in [2.45, 2.75) is 25.7 Å². The Hall–Kier alpha value is -1.03. The Morgan fingerprint density at radius 3 is 2.69 bits per heavy atom. The summed E-state index contributed by atoms with van der Waals surface area (Å²) in [6, 6.07) is 5.45. The van der Waals surface area contributed by atoms with Crippen molar-refractivity contribution in [1.29, 1.82) is 0 Å². The van der Waals surface area contributed by atoms with E-state index in [2.05, 4.69) is 21.2 Å². The molecule has 1 saturated carbocycles. The Morgan fingerprint density at radius 2 is 2.06 bits per heavy atom. The third-order valence-corrected chi connectivity index (χ3v) is 3.68. The number of nitrogen functional groups attached to an aromatic ring is 1. The Morgan fingerprint density at radius 1 is 1.38 bits per heavy atom. The molecule has 0 saturated heterocycles. The fraction of sp³-hybridized carbons (Fsp3) is 0.417. The third kappa shape index (κ3) is 2.55. The Kier molecular flexibility index (Phi) is 3.49. The van der Waals surface area contributed by atoms with Crippen molar-refractivity contribution < 1.29 is 4.79 Å². The molecule has 3 N–H and O–H groups in total. The fourth-order valence-corrected chi connectivity index (χ4v) is 2.42. The van der Waals surface area contributed by atoms with Gasteiger partial charge in [0.15, 0.2) is 0 Å². The second-order valence-electron chi connectivity index (χ2n) is 4.21. The Bertz CT molecular complexity index is 400. The molecular formula is C12H15BrN2O. The number of carbonyl (C=O) groups is 1. The minimum absolute atomic E-state index is 0.133. The normalized spacial score (nSPS) is 16.3. The highest BCUT2D eigenvalue weighted by molar-refractivity contribution is 9.10. The highest BCUT2D eigenvalue weighted by atomic mass is 79.9. The summed E-state index contributed by atoms with van der Waals surface area (Å²) >= 11 is 3.34. The summed E-state index contributed by atoms with van der Waals surface area (Å²) in [7, 11) is 0. The molecule has 0 spiro atoms. The predicted molar refractivity (Wildman–Crippen MR) is 69.1 cm³/mol. The van der Waals surface area contributed by atoms with Crippen molar-refractivity contribution in [2.24, 2.45) is 5.92 Å². The number of hydrogen-bond donors (Lipinski definition) is 2. The monoisotopic (exact) mass is 282 g/mol. The Labute approximate surface area is 104 Å². The van der Waals surface area contributed by atoms with E-state index < -0.39 is 0 Å². The fourth-order valence-electron chi connectivity index (χ4n) is 2.04. The number of nitrogens with two attached hydrogens (primary N) is 1. The highest BCUT2D eigenvalue weighted by Crippen LogP contribution is 2.27. The molecule has 4 heteroatoms. The van der Waals surface area contributed by atoms with Gasteiger partial charge in [0.2, 0.25) is 5.91 Å². The predicted octanol–water partition coefficient (Wildman–Crippen LogP) is 3.16. The maximum atomic E-state index is 11.9. The summed E-state index contributed by atoms with van der Waals surface area (Å²) in [4.78, 5) is 11.9. The van der Waals surface area contributed by atoms with Gasteiger partial charge in [-0.1, -0.05) is 12.8 Å². The first kappa shape index (κ1) is 11.5. The van der Waals surface area contributed by atoms with Gasteiger partial charge in [-0.05, 0) is 47.0 Å². The van der Waals surface area contributed by atoms with Crippen molar-refractivity contribution in [2.75, 3.05) is 11.1 Å². The number of carbonyl (C=O) groups excluding carboxylic acids is 1. The number of rotatable bonds is 2. The largest absolute Gasteiger partial charge is 0.398 e. The summed E-state index contributed by atoms with van der Waals surface area (Å²) in [5.41, 5.74) is 7.17. The van der Waals surface area contributed by atoms with Gasteiger partial charge in [0.1, 0.15) is 0 Å². The number of amides is 1. The molecule has 0 radical (unpaired) electrons. The topological polar surface area (TPSA) is 55.1 Å². The van der Waals surface area contributed by atoms with Gasteiger partial charge >= 0.3 is 0 Å². The van der Waals surface area contributed by atoms with Gasteiger partial charge in [0, 0.05) is 21.8 Å². The van der Waals surface area contributed by atoms with Gasteiger partial charge < -0.3 is 11.1 Å². The standard InChI is InChI=1S/C12H15BrN2O/c13-10-7-9(5-6-11(10)14)15-12(16)8-3-1-2-4-8/h5-8H,1-4,14H2,(H,15,16). The molecule has 1 aliphatic rings. The molecule has 0 aliphatic heterocycles.